The number of aromatic hydroxyl groups is 1. The molecular weight excluding hydrogens is 389 g/mol. The summed E-state index contributed by atoms with van der Waals surface area (Å²) in [6.45, 7) is 11.1. The zero-order chi connectivity index (χ0) is 22.7. The molecule has 0 radical (unpaired) electrons. The van der Waals surface area contributed by atoms with E-state index in [0.717, 1.165) is 12.1 Å². The maximum absolute atomic E-state index is 14.0. The third-order valence-corrected chi connectivity index (χ3v) is 3.69. The van der Waals surface area contributed by atoms with E-state index in [9.17, 15) is 14.3 Å². The Morgan fingerprint density at radius 2 is 1.90 bits per heavy atom. The summed E-state index contributed by atoms with van der Waals surface area (Å²) in [5.74, 6) is -1.95. The van der Waals surface area contributed by atoms with Crippen LogP contribution in [0, 0.1) is 22.6 Å². The van der Waals surface area contributed by atoms with Crippen molar-refractivity contribution in [3.8, 4) is 17.6 Å². The molecule has 0 aliphatic heterocycles. The average Bonchev–Trinajstić information content (AvgIpc) is 2.64. The van der Waals surface area contributed by atoms with Crippen LogP contribution in [0.15, 0.2) is 35.6 Å². The standard InChI is InChI=1S/C22H24FN3O4/c1-21(2,3)20(26-30-22(4,5)6)29-17-8-7-9-25-18(17)19(28)14-11-15(23)13(12-24)10-16(14)27/h7-11,27H,1-6H3. The fourth-order valence-corrected chi connectivity index (χ4v) is 2.19. The Morgan fingerprint density at radius 1 is 1.23 bits per heavy atom. The van der Waals surface area contributed by atoms with E-state index in [0.29, 0.717) is 0 Å². The van der Waals surface area contributed by atoms with Crippen LogP contribution in [-0.4, -0.2) is 27.4 Å². The Balaban J connectivity index is 2.48. The summed E-state index contributed by atoms with van der Waals surface area (Å²) in [6, 6.07) is 6.38. The van der Waals surface area contributed by atoms with E-state index >= 15 is 0 Å². The minimum absolute atomic E-state index is 0.0675. The van der Waals surface area contributed by atoms with Crippen LogP contribution in [0.5, 0.6) is 11.5 Å². The normalized spacial score (nSPS) is 12.3. The zero-order valence-corrected chi connectivity index (χ0v) is 17.8. The fraction of sp³-hybridized carbons (Fsp3) is 0.364. The molecular formula is C22H24FN3O4. The highest BCUT2D eigenvalue weighted by Gasteiger charge is 2.28. The molecule has 1 heterocycles. The van der Waals surface area contributed by atoms with Crippen LogP contribution in [0.1, 0.15) is 63.2 Å². The lowest BCUT2D eigenvalue weighted by Gasteiger charge is -2.24. The molecule has 0 aliphatic rings. The summed E-state index contributed by atoms with van der Waals surface area (Å²) in [4.78, 5) is 22.5. The van der Waals surface area contributed by atoms with Gasteiger partial charge in [-0.3, -0.25) is 4.79 Å². The lowest BCUT2D eigenvalue weighted by atomic mass is 9.96. The molecule has 158 valence electrons. The third-order valence-electron chi connectivity index (χ3n) is 3.69. The molecule has 1 N–H and O–H groups in total. The number of pyridine rings is 1. The lowest BCUT2D eigenvalue weighted by Crippen LogP contribution is -2.29. The maximum atomic E-state index is 14.0. The van der Waals surface area contributed by atoms with Crippen LogP contribution >= 0.6 is 0 Å². The highest BCUT2D eigenvalue weighted by molar-refractivity contribution is 6.11. The van der Waals surface area contributed by atoms with Crippen LogP contribution in [-0.2, 0) is 4.84 Å². The number of halogens is 1. The molecule has 0 saturated heterocycles. The second-order valence-electron chi connectivity index (χ2n) is 8.59. The van der Waals surface area contributed by atoms with Gasteiger partial charge in [0.2, 0.25) is 11.7 Å². The number of ketones is 1. The molecule has 0 saturated carbocycles. The Kier molecular flexibility index (Phi) is 6.46. The van der Waals surface area contributed by atoms with Crippen molar-refractivity contribution < 1.29 is 23.9 Å². The first-order chi connectivity index (χ1) is 13.8. The number of carbonyl (C=O) groups is 1. The largest absolute Gasteiger partial charge is 0.507 e. The summed E-state index contributed by atoms with van der Waals surface area (Å²) < 4.78 is 19.9. The summed E-state index contributed by atoms with van der Waals surface area (Å²) in [6.07, 6.45) is 1.37. The number of phenols is 1. The Hall–Kier alpha value is -3.47. The van der Waals surface area contributed by atoms with Crippen molar-refractivity contribution >= 4 is 11.7 Å². The van der Waals surface area contributed by atoms with Crippen LogP contribution in [0.4, 0.5) is 4.39 Å². The Bertz CT molecular complexity index is 1030. The summed E-state index contributed by atoms with van der Waals surface area (Å²) >= 11 is 0. The number of phenolic OH excluding ortho intramolecular Hbond substituents is 1. The van der Waals surface area contributed by atoms with Crippen LogP contribution in [0.3, 0.4) is 0 Å². The van der Waals surface area contributed by atoms with Crippen molar-refractivity contribution in [1.82, 2.24) is 4.98 Å². The molecule has 0 spiro atoms. The topological polar surface area (TPSA) is 105 Å². The van der Waals surface area contributed by atoms with E-state index < -0.39 is 28.4 Å². The van der Waals surface area contributed by atoms with Gasteiger partial charge in [-0.2, -0.15) is 5.26 Å². The number of nitriles is 1. The summed E-state index contributed by atoms with van der Waals surface area (Å²) in [5, 5.41) is 23.1. The van der Waals surface area contributed by atoms with Gasteiger partial charge in [-0.15, -0.1) is 0 Å². The highest BCUT2D eigenvalue weighted by atomic mass is 19.1. The average molecular weight is 413 g/mol. The summed E-state index contributed by atoms with van der Waals surface area (Å²) in [5.41, 5.74) is -1.98. The third kappa shape index (κ3) is 5.54. The molecule has 2 rings (SSSR count). The number of hydrogen-bond acceptors (Lipinski definition) is 7. The SMILES string of the molecule is CC(C)(C)ON=C(Oc1cccnc1C(=O)c1cc(F)c(C#N)cc1O)C(C)(C)C. The molecule has 0 bridgehead atoms. The number of rotatable bonds is 4. The fourth-order valence-electron chi connectivity index (χ4n) is 2.19. The summed E-state index contributed by atoms with van der Waals surface area (Å²) in [7, 11) is 0. The van der Waals surface area contributed by atoms with E-state index in [-0.39, 0.29) is 28.5 Å². The number of nitrogens with zero attached hydrogens (tertiary/aromatic N) is 3. The van der Waals surface area contributed by atoms with E-state index in [1.807, 2.05) is 41.5 Å². The molecule has 7 nitrogen and oxygen atoms in total. The van der Waals surface area contributed by atoms with Crippen molar-refractivity contribution in [2.24, 2.45) is 10.6 Å². The number of benzene rings is 1. The molecule has 0 unspecified atom stereocenters. The van der Waals surface area contributed by atoms with Gasteiger partial charge in [0.1, 0.15) is 23.2 Å². The van der Waals surface area contributed by atoms with Crippen LogP contribution < -0.4 is 4.74 Å². The number of carbonyl (C=O) groups excluding carboxylic acids is 1. The number of hydrogen-bond donors (Lipinski definition) is 1. The predicted molar refractivity (Wildman–Crippen MR) is 109 cm³/mol. The Labute approximate surface area is 174 Å². The van der Waals surface area contributed by atoms with E-state index in [4.69, 9.17) is 14.8 Å². The van der Waals surface area contributed by atoms with Gasteiger partial charge in [-0.1, -0.05) is 25.9 Å². The minimum Gasteiger partial charge on any atom is -0.507 e. The van der Waals surface area contributed by atoms with Gasteiger partial charge < -0.3 is 14.7 Å². The molecule has 0 aliphatic carbocycles. The zero-order valence-electron chi connectivity index (χ0n) is 17.8. The van der Waals surface area contributed by atoms with Crippen LogP contribution in [0.2, 0.25) is 0 Å². The van der Waals surface area contributed by atoms with Crippen molar-refractivity contribution in [2.45, 2.75) is 47.1 Å². The monoisotopic (exact) mass is 413 g/mol. The number of aromatic nitrogens is 1. The van der Waals surface area contributed by atoms with Crippen molar-refractivity contribution in [3.05, 3.63) is 53.1 Å². The molecule has 30 heavy (non-hydrogen) atoms. The van der Waals surface area contributed by atoms with Gasteiger partial charge in [-0.25, -0.2) is 9.37 Å². The number of oxime groups is 1. The predicted octanol–water partition coefficient (Wildman–Crippen LogP) is 4.58. The molecule has 2 aromatic rings. The lowest BCUT2D eigenvalue weighted by molar-refractivity contribution is -0.00380. The molecule has 0 amide bonds. The van der Waals surface area contributed by atoms with Gasteiger partial charge in [0.25, 0.3) is 0 Å². The van der Waals surface area contributed by atoms with E-state index in [1.165, 1.54) is 12.3 Å². The van der Waals surface area contributed by atoms with Gasteiger partial charge >= 0.3 is 0 Å². The number of ether oxygens (including phenoxy) is 1. The smallest absolute Gasteiger partial charge is 0.236 e. The molecule has 1 aromatic heterocycles. The van der Waals surface area contributed by atoms with Gasteiger partial charge in [0.15, 0.2) is 11.4 Å². The van der Waals surface area contributed by atoms with Crippen LogP contribution in [0.25, 0.3) is 0 Å². The van der Waals surface area contributed by atoms with Gasteiger partial charge in [-0.05, 0) is 39.0 Å². The minimum atomic E-state index is -0.924. The van der Waals surface area contributed by atoms with Gasteiger partial charge in [0.05, 0.1) is 11.1 Å². The van der Waals surface area contributed by atoms with E-state index in [1.54, 1.807) is 12.1 Å². The highest BCUT2D eigenvalue weighted by Crippen LogP contribution is 2.29. The first kappa shape index (κ1) is 22.8. The molecule has 0 fully saturated rings. The molecule has 1 aromatic carbocycles. The van der Waals surface area contributed by atoms with Gasteiger partial charge in [0, 0.05) is 17.7 Å². The first-order valence-electron chi connectivity index (χ1n) is 9.20. The second kappa shape index (κ2) is 8.49. The van der Waals surface area contributed by atoms with Crippen molar-refractivity contribution in [3.63, 3.8) is 0 Å². The maximum Gasteiger partial charge on any atom is 0.236 e. The van der Waals surface area contributed by atoms with Crippen molar-refractivity contribution in [2.75, 3.05) is 0 Å². The van der Waals surface area contributed by atoms with Crippen molar-refractivity contribution in [1.29, 1.82) is 5.26 Å². The molecule has 0 atom stereocenters. The second-order valence-corrected chi connectivity index (χ2v) is 8.59. The quantitative estimate of drug-likeness (QED) is 0.340. The Morgan fingerprint density at radius 3 is 2.47 bits per heavy atom. The molecule has 8 heteroatoms. The van der Waals surface area contributed by atoms with E-state index in [2.05, 4.69) is 10.1 Å². The first-order valence-corrected chi connectivity index (χ1v) is 9.20.